The van der Waals surface area contributed by atoms with Gasteiger partial charge in [0.05, 0.1) is 17.7 Å². The smallest absolute Gasteiger partial charge is 0.230 e. The topological polar surface area (TPSA) is 6.25 Å². The first-order valence-electron chi connectivity index (χ1n) is 17.4. The molecule has 0 N–H and O–H groups in total. The fourth-order valence-corrected chi connectivity index (χ4v) is 10.00. The molecule has 4 aromatic rings. The first-order valence-corrected chi connectivity index (χ1v) is 17.4. The van der Waals surface area contributed by atoms with E-state index in [2.05, 4.69) is 169 Å². The van der Waals surface area contributed by atoms with Crippen molar-refractivity contribution in [2.24, 2.45) is 5.92 Å². The van der Waals surface area contributed by atoms with Gasteiger partial charge in [0.1, 0.15) is 5.69 Å². The molecular formula is C46H35N2+. The van der Waals surface area contributed by atoms with Crippen LogP contribution >= 0.6 is 0 Å². The fourth-order valence-electron chi connectivity index (χ4n) is 10.00. The number of hydrogen-bond donors (Lipinski definition) is 0. The number of hydrogen-bond acceptors (Lipinski definition) is 1. The van der Waals surface area contributed by atoms with Gasteiger partial charge in [-0.05, 0) is 68.8 Å². The van der Waals surface area contributed by atoms with Crippen LogP contribution in [-0.2, 0) is 5.41 Å². The van der Waals surface area contributed by atoms with E-state index in [1.807, 2.05) is 0 Å². The summed E-state index contributed by atoms with van der Waals surface area (Å²) in [5, 5.41) is 0. The van der Waals surface area contributed by atoms with Crippen LogP contribution in [0.2, 0.25) is 0 Å². The summed E-state index contributed by atoms with van der Waals surface area (Å²) in [7, 11) is 0. The van der Waals surface area contributed by atoms with E-state index in [1.54, 1.807) is 0 Å². The summed E-state index contributed by atoms with van der Waals surface area (Å²) >= 11 is 0. The van der Waals surface area contributed by atoms with E-state index in [1.165, 1.54) is 84.2 Å². The minimum atomic E-state index is -0.0540. The Morgan fingerprint density at radius 3 is 2.44 bits per heavy atom. The predicted octanol–water partition coefficient (Wildman–Crippen LogP) is 10.5. The third-order valence-corrected chi connectivity index (χ3v) is 12.0. The lowest BCUT2D eigenvalue weighted by molar-refractivity contribution is -0.461. The van der Waals surface area contributed by atoms with Crippen LogP contribution in [0.1, 0.15) is 42.9 Å². The van der Waals surface area contributed by atoms with Crippen LogP contribution in [0.15, 0.2) is 179 Å². The lowest BCUT2D eigenvalue weighted by Gasteiger charge is -2.36. The Morgan fingerprint density at radius 1 is 0.729 bits per heavy atom. The molecule has 3 atom stereocenters. The molecule has 48 heavy (non-hydrogen) atoms. The maximum Gasteiger partial charge on any atom is 0.230 e. The average molecular weight is 616 g/mol. The number of anilines is 2. The Balaban J connectivity index is 1.12. The maximum absolute atomic E-state index is 2.67. The van der Waals surface area contributed by atoms with E-state index in [0.717, 1.165) is 6.42 Å². The predicted molar refractivity (Wildman–Crippen MR) is 196 cm³/mol. The monoisotopic (exact) mass is 615 g/mol. The highest BCUT2D eigenvalue weighted by molar-refractivity contribution is 6.10. The van der Waals surface area contributed by atoms with Crippen LogP contribution in [0.25, 0.3) is 11.1 Å². The first kappa shape index (κ1) is 26.6. The molecule has 228 valence electrons. The molecule has 4 aromatic carbocycles. The highest BCUT2D eigenvalue weighted by atomic mass is 15.3. The molecule has 0 saturated carbocycles. The van der Waals surface area contributed by atoms with Gasteiger partial charge >= 0.3 is 0 Å². The van der Waals surface area contributed by atoms with Gasteiger partial charge in [0.15, 0.2) is 5.71 Å². The standard InChI is InChI=1S/C46H35N2/c1-46(2)36-19-9-8-15-30(36)31-24-23-29(27-37(31)46)47-38-20-10-11-21-39(38)48-40-26-25-34-42(28-13-4-3-5-14-28)32-16-6-7-17-33(32)43(34)44(40)35-18-12-22-41(47)45(35)48/h3-25,27,32,42,45H,26H2,1-2H3/q+1. The Labute approximate surface area is 282 Å². The summed E-state index contributed by atoms with van der Waals surface area (Å²) in [5.74, 6) is 0.698. The van der Waals surface area contributed by atoms with E-state index in [4.69, 9.17) is 0 Å². The van der Waals surface area contributed by atoms with E-state index in [0.29, 0.717) is 11.8 Å². The number of benzene rings is 4. The summed E-state index contributed by atoms with van der Waals surface area (Å²) in [6.07, 6.45) is 19.9. The molecule has 7 aliphatic rings. The molecule has 0 saturated heterocycles. The molecule has 2 aliphatic heterocycles. The highest BCUT2D eigenvalue weighted by Gasteiger charge is 2.54. The molecule has 0 fully saturated rings. The van der Waals surface area contributed by atoms with Crippen molar-refractivity contribution in [2.75, 3.05) is 4.90 Å². The second-order valence-electron chi connectivity index (χ2n) is 14.6. The number of para-hydroxylation sites is 2. The van der Waals surface area contributed by atoms with Crippen molar-refractivity contribution in [1.29, 1.82) is 0 Å². The Morgan fingerprint density at radius 2 is 1.52 bits per heavy atom. The minimum absolute atomic E-state index is 0.0540. The lowest BCUT2D eigenvalue weighted by atomic mass is 9.78. The van der Waals surface area contributed by atoms with Crippen molar-refractivity contribution >= 4 is 22.8 Å². The molecule has 2 heterocycles. The van der Waals surface area contributed by atoms with Crippen molar-refractivity contribution in [3.8, 4) is 11.1 Å². The van der Waals surface area contributed by atoms with Gasteiger partial charge in [0, 0.05) is 34.6 Å². The second kappa shape index (κ2) is 9.33. The molecule has 11 rings (SSSR count). The van der Waals surface area contributed by atoms with Gasteiger partial charge in [-0.25, -0.2) is 0 Å². The molecule has 2 nitrogen and oxygen atoms in total. The Bertz CT molecular complexity index is 2400. The van der Waals surface area contributed by atoms with Gasteiger partial charge in [0.2, 0.25) is 11.7 Å². The van der Waals surface area contributed by atoms with Crippen molar-refractivity contribution < 1.29 is 4.58 Å². The SMILES string of the molecule is CC1(C)c2ccccc2-c2ccc(N3C4=CC=CC5=C6C7=C8C=CC=CC8C(c8ccccc8)C7=CCC6=[N+](c6ccccc63)C45)cc21. The summed E-state index contributed by atoms with van der Waals surface area (Å²) in [6, 6.07) is 36.5. The third kappa shape index (κ3) is 3.25. The lowest BCUT2D eigenvalue weighted by Crippen LogP contribution is -2.39. The summed E-state index contributed by atoms with van der Waals surface area (Å²) in [6.45, 7) is 4.76. The fraction of sp³-hybridized carbons (Fsp3) is 0.152. The Hall–Kier alpha value is -5.47. The van der Waals surface area contributed by atoms with Crippen molar-refractivity contribution in [1.82, 2.24) is 0 Å². The number of allylic oxidation sites excluding steroid dienone is 11. The zero-order chi connectivity index (χ0) is 31.7. The van der Waals surface area contributed by atoms with Crippen LogP contribution in [0, 0.1) is 5.92 Å². The zero-order valence-electron chi connectivity index (χ0n) is 27.2. The van der Waals surface area contributed by atoms with Crippen LogP contribution < -0.4 is 4.90 Å². The molecule has 0 amide bonds. The summed E-state index contributed by atoms with van der Waals surface area (Å²) in [4.78, 5) is 2.55. The van der Waals surface area contributed by atoms with Gasteiger partial charge in [-0.3, -0.25) is 0 Å². The van der Waals surface area contributed by atoms with Crippen molar-refractivity contribution in [2.45, 2.75) is 37.6 Å². The number of nitrogens with zero attached hydrogens (tertiary/aromatic N) is 2. The van der Waals surface area contributed by atoms with E-state index in [9.17, 15) is 0 Å². The average Bonchev–Trinajstić information content (AvgIpc) is 3.73. The van der Waals surface area contributed by atoms with Crippen LogP contribution in [-0.4, -0.2) is 16.3 Å². The third-order valence-electron chi connectivity index (χ3n) is 12.0. The van der Waals surface area contributed by atoms with E-state index < -0.39 is 0 Å². The molecule has 0 radical (unpaired) electrons. The molecule has 0 spiro atoms. The molecule has 0 bridgehead atoms. The summed E-state index contributed by atoms with van der Waals surface area (Å²) < 4.78 is 2.67. The molecule has 3 unspecified atom stereocenters. The second-order valence-corrected chi connectivity index (χ2v) is 14.6. The van der Waals surface area contributed by atoms with Gasteiger partial charge in [-0.1, -0.05) is 129 Å². The van der Waals surface area contributed by atoms with Gasteiger partial charge in [-0.2, -0.15) is 4.58 Å². The number of rotatable bonds is 2. The summed E-state index contributed by atoms with van der Waals surface area (Å²) in [5.41, 5.74) is 20.8. The molecule has 5 aliphatic carbocycles. The van der Waals surface area contributed by atoms with Crippen molar-refractivity contribution in [3.05, 3.63) is 196 Å². The van der Waals surface area contributed by atoms with E-state index >= 15 is 0 Å². The van der Waals surface area contributed by atoms with Gasteiger partial charge in [0.25, 0.3) is 0 Å². The molecule has 0 aromatic heterocycles. The normalized spacial score (nSPS) is 24.5. The minimum Gasteiger partial charge on any atom is -0.302 e. The number of fused-ring (bicyclic) bond motifs is 9. The van der Waals surface area contributed by atoms with Crippen LogP contribution in [0.4, 0.5) is 17.1 Å². The van der Waals surface area contributed by atoms with Gasteiger partial charge < -0.3 is 4.90 Å². The van der Waals surface area contributed by atoms with Crippen molar-refractivity contribution in [3.63, 3.8) is 0 Å². The molecule has 2 heteroatoms. The van der Waals surface area contributed by atoms with Crippen LogP contribution in [0.5, 0.6) is 0 Å². The maximum atomic E-state index is 2.67. The van der Waals surface area contributed by atoms with Crippen LogP contribution in [0.3, 0.4) is 0 Å². The van der Waals surface area contributed by atoms with E-state index in [-0.39, 0.29) is 11.5 Å². The zero-order valence-corrected chi connectivity index (χ0v) is 27.2. The highest BCUT2D eigenvalue weighted by Crippen LogP contribution is 2.59. The Kier molecular flexibility index (Phi) is 5.16. The molecular weight excluding hydrogens is 581 g/mol. The largest absolute Gasteiger partial charge is 0.302 e. The quantitative estimate of drug-likeness (QED) is 0.203. The first-order chi connectivity index (χ1) is 23.6. The van der Waals surface area contributed by atoms with Gasteiger partial charge in [-0.15, -0.1) is 0 Å².